The minimum atomic E-state index is -1.68. The van der Waals surface area contributed by atoms with Crippen LogP contribution in [0.25, 0.3) is 0 Å². The predicted molar refractivity (Wildman–Crippen MR) is 271 cm³/mol. The van der Waals surface area contributed by atoms with Gasteiger partial charge in [0.15, 0.2) is 34.7 Å². The van der Waals surface area contributed by atoms with E-state index in [0.717, 1.165) is 24.2 Å². The van der Waals surface area contributed by atoms with Crippen LogP contribution in [0.2, 0.25) is 137 Å². The van der Waals surface area contributed by atoms with Gasteiger partial charge in [-0.15, -0.1) is 65.8 Å². The number of allylic oxidation sites excluding steroid dienone is 10. The molecule has 0 aromatic heterocycles. The van der Waals surface area contributed by atoms with Crippen molar-refractivity contribution in [1.29, 1.82) is 0 Å². The van der Waals surface area contributed by atoms with Gasteiger partial charge in [0.05, 0.1) is 24.2 Å². The van der Waals surface area contributed by atoms with Gasteiger partial charge in [-0.05, 0) is 125 Å². The second kappa shape index (κ2) is 32.0. The zero-order valence-electron chi connectivity index (χ0n) is 36.6. The van der Waals surface area contributed by atoms with Crippen molar-refractivity contribution in [2.45, 2.75) is 150 Å². The van der Waals surface area contributed by atoms with Crippen LogP contribution in [0, 0.1) is 0 Å². The summed E-state index contributed by atoms with van der Waals surface area (Å²) in [6, 6.07) is 16.7. The lowest BCUT2D eigenvalue weighted by molar-refractivity contribution is 0.533. The zero-order valence-corrected chi connectivity index (χ0v) is 43.9. The summed E-state index contributed by atoms with van der Waals surface area (Å²) in [4.78, 5) is 0. The van der Waals surface area contributed by atoms with Gasteiger partial charge in [-0.1, -0.05) is 85.7 Å². The molecule has 2 nitrogen and oxygen atoms in total. The van der Waals surface area contributed by atoms with Gasteiger partial charge in [-0.2, -0.15) is 0 Å². The summed E-state index contributed by atoms with van der Waals surface area (Å²) in [5, 5.41) is 0. The van der Waals surface area contributed by atoms with Crippen molar-refractivity contribution < 1.29 is 8.23 Å². The molecule has 0 unspecified atom stereocenters. The second-order valence-electron chi connectivity index (χ2n) is 17.0. The largest absolute Gasteiger partial charge is 0.461 e. The van der Waals surface area contributed by atoms with E-state index in [1.807, 2.05) is 24.3 Å². The topological polar surface area (TPSA) is 18.5 Å². The van der Waals surface area contributed by atoms with E-state index in [2.05, 4.69) is 155 Å². The van der Waals surface area contributed by atoms with E-state index in [1.54, 1.807) is 0 Å². The maximum Gasteiger partial charge on any atom is 0.173 e. The molecule has 0 saturated heterocycles. The Morgan fingerprint density at radius 1 is 0.358 bits per heavy atom. The molecule has 9 heteroatoms. The molecular formula is C44H88O2Si7. The lowest BCUT2D eigenvalue weighted by Crippen LogP contribution is -2.45. The average molecular weight is 846 g/mol. The zero-order chi connectivity index (χ0) is 41.5. The van der Waals surface area contributed by atoms with Crippen LogP contribution >= 0.6 is 0 Å². The molecule has 0 radical (unpaired) electrons. The number of rotatable bonds is 32. The van der Waals surface area contributed by atoms with E-state index in [0.29, 0.717) is 0 Å². The molecule has 0 rings (SSSR count). The molecule has 0 aliphatic heterocycles. The van der Waals surface area contributed by atoms with E-state index < -0.39 is 58.9 Å². The standard InChI is InChI=1S/C28H54OSi4.C12H20Si.C4H14OSi2/c1-11-19-32(20-12-2,21-13-3)27-17-25-30(7,8)29-31(9,10)26-18-28-33(22-14-4,23-15-5)24-16-6;1-5-9-13(10-6-2,11-7-3)12-8-4;1-6(2)5-7(3)4/h11-16H,1-6,17-28H2,7-10H3;5-8H,1-4,9-12H2;6-7H,1-4H3. The van der Waals surface area contributed by atoms with E-state index >= 15 is 0 Å². The Labute approximate surface area is 341 Å². The monoisotopic (exact) mass is 845 g/mol. The first kappa shape index (κ1) is 56.2. The fourth-order valence-electron chi connectivity index (χ4n) is 7.85. The lowest BCUT2D eigenvalue weighted by atomic mass is 10.6. The summed E-state index contributed by atoms with van der Waals surface area (Å²) in [6.45, 7) is 58.1. The Hall–Kier alpha value is -1.16. The van der Waals surface area contributed by atoms with Crippen molar-refractivity contribution >= 4 is 58.9 Å². The van der Waals surface area contributed by atoms with E-state index in [1.165, 1.54) is 73.3 Å². The lowest BCUT2D eigenvalue weighted by Gasteiger charge is -2.36. The third kappa shape index (κ3) is 28.8. The molecule has 0 N–H and O–H groups in total. The van der Waals surface area contributed by atoms with Gasteiger partial charge in [-0.25, -0.2) is 0 Å². The van der Waals surface area contributed by atoms with Gasteiger partial charge >= 0.3 is 0 Å². The molecule has 0 saturated carbocycles. The highest BCUT2D eigenvalue weighted by Gasteiger charge is 2.36. The van der Waals surface area contributed by atoms with E-state index in [9.17, 15) is 0 Å². The molecule has 0 heterocycles. The Balaban J connectivity index is -0.00000102. The van der Waals surface area contributed by atoms with Crippen molar-refractivity contribution in [3.05, 3.63) is 127 Å². The van der Waals surface area contributed by atoms with Gasteiger partial charge in [0.25, 0.3) is 0 Å². The molecule has 0 bridgehead atoms. The quantitative estimate of drug-likeness (QED) is 0.0496. The number of hydrogen-bond donors (Lipinski definition) is 0. The van der Waals surface area contributed by atoms with Crippen LogP contribution in [0.3, 0.4) is 0 Å². The highest BCUT2D eigenvalue weighted by Crippen LogP contribution is 2.34. The fraction of sp³-hybridized carbons (Fsp3) is 0.545. The molecule has 0 amide bonds. The van der Waals surface area contributed by atoms with Crippen molar-refractivity contribution in [2.75, 3.05) is 0 Å². The minimum absolute atomic E-state index is 0.667. The molecule has 0 fully saturated rings. The van der Waals surface area contributed by atoms with Gasteiger partial charge in [-0.3, -0.25) is 0 Å². The van der Waals surface area contributed by atoms with Crippen molar-refractivity contribution in [1.82, 2.24) is 0 Å². The van der Waals surface area contributed by atoms with Crippen LogP contribution in [-0.4, -0.2) is 58.9 Å². The summed E-state index contributed by atoms with van der Waals surface area (Å²) >= 11 is 0. The smallest absolute Gasteiger partial charge is 0.173 e. The normalized spacial score (nSPS) is 12.0. The highest BCUT2D eigenvalue weighted by molar-refractivity contribution is 6.85. The van der Waals surface area contributed by atoms with Crippen molar-refractivity contribution in [3.8, 4) is 0 Å². The second-order valence-corrected chi connectivity index (χ2v) is 45.2. The van der Waals surface area contributed by atoms with Crippen LogP contribution in [0.5, 0.6) is 0 Å². The highest BCUT2D eigenvalue weighted by atomic mass is 28.4. The molecule has 0 aromatic rings. The van der Waals surface area contributed by atoms with Crippen molar-refractivity contribution in [2.24, 2.45) is 0 Å². The SMILES string of the molecule is C=CC[Si](CC=C)(CC=C)CC=C.C=CC[Si](CC=C)(CC=C)CCC[Si](C)(C)O[Si](C)(C)CCC[Si](CC=C)(CC=C)CC=C.C[SiH](C)O[SiH](C)C. The molecule has 0 spiro atoms. The fourth-order valence-corrected chi connectivity index (χ4v) is 33.0. The molecule has 53 heavy (non-hydrogen) atoms. The molecule has 0 aliphatic carbocycles. The van der Waals surface area contributed by atoms with Gasteiger partial charge in [0.2, 0.25) is 0 Å². The van der Waals surface area contributed by atoms with Crippen LogP contribution in [0.1, 0.15) is 12.8 Å². The molecule has 0 atom stereocenters. The molecule has 0 aliphatic rings. The first-order valence-corrected chi connectivity index (χ1v) is 40.6. The van der Waals surface area contributed by atoms with E-state index in [-0.39, 0.29) is 0 Å². The Morgan fingerprint density at radius 2 is 0.566 bits per heavy atom. The summed E-state index contributed by atoms with van der Waals surface area (Å²) in [5.41, 5.74) is 0. The van der Waals surface area contributed by atoms with Gasteiger partial charge in [0.1, 0.15) is 0 Å². The first-order valence-electron chi connectivity index (χ1n) is 20.3. The van der Waals surface area contributed by atoms with E-state index in [4.69, 9.17) is 8.23 Å². The molecular weight excluding hydrogens is 757 g/mol. The summed E-state index contributed by atoms with van der Waals surface area (Å²) in [7, 11) is -8.79. The predicted octanol–water partition coefficient (Wildman–Crippen LogP) is 15.4. The van der Waals surface area contributed by atoms with Crippen LogP contribution < -0.4 is 0 Å². The average Bonchev–Trinajstić information content (AvgIpc) is 3.02. The summed E-state index contributed by atoms with van der Waals surface area (Å²) in [6.07, 6.45) is 23.4. The Morgan fingerprint density at radius 3 is 0.736 bits per heavy atom. The van der Waals surface area contributed by atoms with Gasteiger partial charge in [0, 0.05) is 0 Å². The Bertz CT molecular complexity index is 919. The van der Waals surface area contributed by atoms with Crippen LogP contribution in [-0.2, 0) is 8.23 Å². The molecule has 304 valence electrons. The minimum Gasteiger partial charge on any atom is -0.461 e. The maximum atomic E-state index is 7.00. The maximum absolute atomic E-state index is 7.00. The summed E-state index contributed by atoms with van der Waals surface area (Å²) < 4.78 is 12.5. The number of hydrogen-bond acceptors (Lipinski definition) is 2. The summed E-state index contributed by atoms with van der Waals surface area (Å²) in [5.74, 6) is 0. The van der Waals surface area contributed by atoms with Crippen LogP contribution in [0.15, 0.2) is 127 Å². The molecule has 0 aromatic carbocycles. The van der Waals surface area contributed by atoms with Gasteiger partial charge < -0.3 is 8.23 Å². The van der Waals surface area contributed by atoms with Crippen molar-refractivity contribution in [3.63, 3.8) is 0 Å². The Kier molecular flexibility index (Phi) is 33.9. The third-order valence-corrected chi connectivity index (χ3v) is 36.1. The third-order valence-electron chi connectivity index (χ3n) is 9.84. The van der Waals surface area contributed by atoms with Crippen LogP contribution in [0.4, 0.5) is 0 Å². The first-order chi connectivity index (χ1) is 24.9.